The normalized spacial score (nSPS) is 16.1. The average molecular weight is 506 g/mol. The van der Waals surface area contributed by atoms with E-state index in [9.17, 15) is 14.4 Å². The molecule has 0 radical (unpaired) electrons. The van der Waals surface area contributed by atoms with Gasteiger partial charge in [-0.25, -0.2) is 9.59 Å². The van der Waals surface area contributed by atoms with Gasteiger partial charge in [0.25, 0.3) is 5.91 Å². The number of anilines is 1. The molecule has 7 nitrogen and oxygen atoms in total. The third-order valence-electron chi connectivity index (χ3n) is 6.33. The summed E-state index contributed by atoms with van der Waals surface area (Å²) in [6.45, 7) is 14.9. The molecule has 0 saturated carbocycles. The van der Waals surface area contributed by atoms with E-state index in [1.165, 1.54) is 0 Å². The molecule has 37 heavy (non-hydrogen) atoms. The Kier molecular flexibility index (Phi) is 8.79. The second kappa shape index (κ2) is 11.6. The SMILES string of the molecule is CCCN1C(=O)NC(c2ccc(NC(=O)c3ccc(C(C)(C)C)cc3)cc2)C(C(=O)OCC(C)C)=C1C. The van der Waals surface area contributed by atoms with Crippen molar-refractivity contribution in [3.05, 3.63) is 76.5 Å². The quantitative estimate of drug-likeness (QED) is 0.419. The van der Waals surface area contributed by atoms with E-state index >= 15 is 0 Å². The van der Waals surface area contributed by atoms with Crippen molar-refractivity contribution in [3.63, 3.8) is 0 Å². The fourth-order valence-electron chi connectivity index (χ4n) is 4.19. The number of allylic oxidation sites excluding steroid dienone is 1. The van der Waals surface area contributed by atoms with E-state index in [2.05, 4.69) is 31.4 Å². The van der Waals surface area contributed by atoms with Gasteiger partial charge in [-0.3, -0.25) is 9.69 Å². The number of nitrogens with zero attached hydrogens (tertiary/aromatic N) is 1. The molecule has 1 aliphatic rings. The van der Waals surface area contributed by atoms with Crippen LogP contribution in [0.4, 0.5) is 10.5 Å². The van der Waals surface area contributed by atoms with Crippen LogP contribution in [0, 0.1) is 5.92 Å². The van der Waals surface area contributed by atoms with E-state index < -0.39 is 12.0 Å². The van der Waals surface area contributed by atoms with Crippen molar-refractivity contribution in [2.45, 2.75) is 66.3 Å². The minimum absolute atomic E-state index is 0.0137. The van der Waals surface area contributed by atoms with Crippen LogP contribution in [0.1, 0.15) is 82.4 Å². The standard InChI is InChI=1S/C30H39N3O4/c1-8-17-33-20(4)25(28(35)37-18-19(2)3)26(32-29(33)36)21-11-15-24(16-12-21)31-27(34)22-9-13-23(14-10-22)30(5,6)7/h9-16,19,26H,8,17-18H2,1-7H3,(H,31,34)(H,32,36). The zero-order chi connectivity index (χ0) is 27.3. The molecule has 198 valence electrons. The number of hydrogen-bond acceptors (Lipinski definition) is 4. The van der Waals surface area contributed by atoms with Crippen molar-refractivity contribution < 1.29 is 19.1 Å². The lowest BCUT2D eigenvalue weighted by molar-refractivity contribution is -0.140. The second-order valence-electron chi connectivity index (χ2n) is 10.9. The maximum absolute atomic E-state index is 13.1. The highest BCUT2D eigenvalue weighted by Gasteiger charge is 2.36. The monoisotopic (exact) mass is 505 g/mol. The number of benzene rings is 2. The molecule has 2 N–H and O–H groups in total. The minimum atomic E-state index is -0.644. The van der Waals surface area contributed by atoms with E-state index in [-0.39, 0.29) is 23.3 Å². The Morgan fingerprint density at radius 3 is 2.22 bits per heavy atom. The molecule has 0 fully saturated rings. The summed E-state index contributed by atoms with van der Waals surface area (Å²) in [5.74, 6) is -0.447. The summed E-state index contributed by atoms with van der Waals surface area (Å²) >= 11 is 0. The molecular weight excluding hydrogens is 466 g/mol. The summed E-state index contributed by atoms with van der Waals surface area (Å²) in [4.78, 5) is 40.3. The van der Waals surface area contributed by atoms with E-state index in [4.69, 9.17) is 4.74 Å². The Labute approximate surface area is 220 Å². The van der Waals surface area contributed by atoms with Gasteiger partial charge in [-0.1, -0.05) is 65.8 Å². The summed E-state index contributed by atoms with van der Waals surface area (Å²) in [6.07, 6.45) is 0.761. The van der Waals surface area contributed by atoms with Gasteiger partial charge in [0.05, 0.1) is 18.2 Å². The lowest BCUT2D eigenvalue weighted by Gasteiger charge is -2.35. The zero-order valence-corrected chi connectivity index (χ0v) is 23.0. The number of ether oxygens (including phenoxy) is 1. The van der Waals surface area contributed by atoms with Gasteiger partial charge in [0.15, 0.2) is 0 Å². The van der Waals surface area contributed by atoms with E-state index in [0.29, 0.717) is 35.7 Å². The van der Waals surface area contributed by atoms with Gasteiger partial charge in [0.2, 0.25) is 0 Å². The predicted molar refractivity (Wildman–Crippen MR) is 146 cm³/mol. The van der Waals surface area contributed by atoms with Crippen LogP contribution in [-0.2, 0) is 14.9 Å². The smallest absolute Gasteiger partial charge is 0.338 e. The molecular formula is C30H39N3O4. The number of hydrogen-bond donors (Lipinski definition) is 2. The molecule has 3 rings (SSSR count). The Balaban J connectivity index is 1.82. The van der Waals surface area contributed by atoms with Gasteiger partial charge < -0.3 is 15.4 Å². The Bertz CT molecular complexity index is 1160. The first-order valence-corrected chi connectivity index (χ1v) is 12.9. The largest absolute Gasteiger partial charge is 0.462 e. The molecule has 0 spiro atoms. The van der Waals surface area contributed by atoms with Gasteiger partial charge in [0.1, 0.15) is 0 Å². The number of carbonyl (C=O) groups excluding carboxylic acids is 3. The lowest BCUT2D eigenvalue weighted by atomic mass is 9.87. The predicted octanol–water partition coefficient (Wildman–Crippen LogP) is 6.19. The molecule has 2 aromatic carbocycles. The summed E-state index contributed by atoms with van der Waals surface area (Å²) in [5.41, 5.74) is 4.11. The maximum atomic E-state index is 13.1. The van der Waals surface area contributed by atoms with Gasteiger partial charge in [0, 0.05) is 23.5 Å². The van der Waals surface area contributed by atoms with Crippen LogP contribution in [0.15, 0.2) is 59.8 Å². The van der Waals surface area contributed by atoms with Gasteiger partial charge in [-0.15, -0.1) is 0 Å². The van der Waals surface area contributed by atoms with Crippen LogP contribution in [-0.4, -0.2) is 36.0 Å². The molecule has 1 aliphatic heterocycles. The van der Waals surface area contributed by atoms with Crippen LogP contribution in [0.25, 0.3) is 0 Å². The summed E-state index contributed by atoms with van der Waals surface area (Å²) < 4.78 is 5.55. The maximum Gasteiger partial charge on any atom is 0.338 e. The molecule has 2 aromatic rings. The van der Waals surface area contributed by atoms with Crippen LogP contribution < -0.4 is 10.6 Å². The lowest BCUT2D eigenvalue weighted by Crippen LogP contribution is -2.48. The molecule has 1 unspecified atom stereocenters. The van der Waals surface area contributed by atoms with E-state index in [0.717, 1.165) is 17.5 Å². The molecule has 0 aliphatic carbocycles. The first-order chi connectivity index (χ1) is 17.4. The number of carbonyl (C=O) groups is 3. The highest BCUT2D eigenvalue weighted by Crippen LogP contribution is 2.32. The van der Waals surface area contributed by atoms with E-state index in [1.54, 1.807) is 24.0 Å². The zero-order valence-electron chi connectivity index (χ0n) is 23.0. The summed E-state index contributed by atoms with van der Waals surface area (Å²) in [5, 5.41) is 5.88. The van der Waals surface area contributed by atoms with Crippen LogP contribution >= 0.6 is 0 Å². The van der Waals surface area contributed by atoms with Crippen LogP contribution in [0.2, 0.25) is 0 Å². The number of urea groups is 1. The molecule has 1 heterocycles. The average Bonchev–Trinajstić information content (AvgIpc) is 2.84. The van der Waals surface area contributed by atoms with E-state index in [1.807, 2.05) is 57.2 Å². The highest BCUT2D eigenvalue weighted by atomic mass is 16.5. The van der Waals surface area contributed by atoms with Crippen molar-refractivity contribution in [3.8, 4) is 0 Å². The minimum Gasteiger partial charge on any atom is -0.462 e. The van der Waals surface area contributed by atoms with Gasteiger partial charge >= 0.3 is 12.0 Å². The Morgan fingerprint density at radius 1 is 1.05 bits per heavy atom. The van der Waals surface area contributed by atoms with Gasteiger partial charge in [-0.05, 0) is 60.1 Å². The number of esters is 1. The van der Waals surface area contributed by atoms with Crippen LogP contribution in [0.3, 0.4) is 0 Å². The first kappa shape index (κ1) is 28.0. The fourth-order valence-corrected chi connectivity index (χ4v) is 4.19. The van der Waals surface area contributed by atoms with Crippen molar-refractivity contribution in [2.24, 2.45) is 5.92 Å². The number of rotatable bonds is 8. The topological polar surface area (TPSA) is 87.7 Å². The summed E-state index contributed by atoms with van der Waals surface area (Å²) in [7, 11) is 0. The first-order valence-electron chi connectivity index (χ1n) is 12.9. The number of nitrogens with one attached hydrogen (secondary N) is 2. The van der Waals surface area contributed by atoms with Gasteiger partial charge in [-0.2, -0.15) is 0 Å². The van der Waals surface area contributed by atoms with Crippen molar-refractivity contribution in [1.82, 2.24) is 10.2 Å². The Morgan fingerprint density at radius 2 is 1.68 bits per heavy atom. The van der Waals surface area contributed by atoms with Crippen molar-refractivity contribution >= 4 is 23.6 Å². The van der Waals surface area contributed by atoms with Crippen LogP contribution in [0.5, 0.6) is 0 Å². The molecule has 3 amide bonds. The molecule has 0 saturated heterocycles. The van der Waals surface area contributed by atoms with Crippen molar-refractivity contribution in [1.29, 1.82) is 0 Å². The molecule has 7 heteroatoms. The number of amides is 3. The third kappa shape index (κ3) is 6.79. The molecule has 0 aromatic heterocycles. The molecule has 0 bridgehead atoms. The highest BCUT2D eigenvalue weighted by molar-refractivity contribution is 6.04. The fraction of sp³-hybridized carbons (Fsp3) is 0.433. The summed E-state index contributed by atoms with van der Waals surface area (Å²) in [6, 6.07) is 13.9. The van der Waals surface area contributed by atoms with Crippen molar-refractivity contribution in [2.75, 3.05) is 18.5 Å². The Hall–Kier alpha value is -3.61. The second-order valence-corrected chi connectivity index (χ2v) is 10.9. The molecule has 1 atom stereocenters. The third-order valence-corrected chi connectivity index (χ3v) is 6.33.